The van der Waals surface area contributed by atoms with E-state index in [1.165, 1.54) is 0 Å². The van der Waals surface area contributed by atoms with Gasteiger partial charge in [-0.1, -0.05) is 0 Å². The van der Waals surface area contributed by atoms with Crippen LogP contribution < -0.4 is 0 Å². The molecule has 0 rings (SSSR count). The van der Waals surface area contributed by atoms with Crippen molar-refractivity contribution in [2.45, 2.75) is 27.7 Å². The summed E-state index contributed by atoms with van der Waals surface area (Å²) >= 11 is 0. The van der Waals surface area contributed by atoms with Crippen LogP contribution in [0.5, 0.6) is 0 Å². The second-order valence-electron chi connectivity index (χ2n) is 2.57. The molecule has 0 radical (unpaired) electrons. The molecule has 2 heteroatoms. The maximum absolute atomic E-state index is 3.13. The molecular formula is C10H20N2. The van der Waals surface area contributed by atoms with Crippen molar-refractivity contribution in [3.63, 3.8) is 0 Å². The van der Waals surface area contributed by atoms with Gasteiger partial charge in [-0.3, -0.25) is 0 Å². The molecule has 0 heterocycles. The monoisotopic (exact) mass is 168 g/mol. The summed E-state index contributed by atoms with van der Waals surface area (Å²) in [6.45, 7) is 12.5. The highest BCUT2D eigenvalue weighted by molar-refractivity contribution is 4.97. The molecule has 0 bridgehead atoms. The second-order valence-corrected chi connectivity index (χ2v) is 2.57. The Kier molecular flexibility index (Phi) is 6.37. The number of hydrogen-bond acceptors (Lipinski definition) is 2. The fourth-order valence-electron chi connectivity index (χ4n) is 0.905. The maximum atomic E-state index is 3.13. The largest absolute Gasteiger partial charge is 0.332 e. The lowest BCUT2D eigenvalue weighted by Gasteiger charge is -2.14. The van der Waals surface area contributed by atoms with Crippen LogP contribution in [0.25, 0.3) is 0 Å². The Labute approximate surface area is 76.5 Å². The molecule has 0 fully saturated rings. The fourth-order valence-corrected chi connectivity index (χ4v) is 0.905. The molecule has 70 valence electrons. The van der Waals surface area contributed by atoms with Crippen molar-refractivity contribution in [2.24, 2.45) is 0 Å². The minimum absolute atomic E-state index is 1.00. The predicted octanol–water partition coefficient (Wildman–Crippen LogP) is 1.59. The first-order valence-corrected chi connectivity index (χ1v) is 4.79. The van der Waals surface area contributed by atoms with Gasteiger partial charge in [-0.05, 0) is 27.7 Å². The van der Waals surface area contributed by atoms with Crippen LogP contribution in [0.3, 0.4) is 0 Å². The van der Waals surface area contributed by atoms with E-state index in [1.54, 1.807) is 0 Å². The molecule has 0 aliphatic carbocycles. The minimum Gasteiger partial charge on any atom is -0.332 e. The first-order valence-electron chi connectivity index (χ1n) is 4.79. The lowest BCUT2D eigenvalue weighted by atomic mass is 10.5. The number of hydrogen-bond donors (Lipinski definition) is 0. The zero-order valence-corrected chi connectivity index (χ0v) is 8.72. The molecule has 0 spiro atoms. The summed E-state index contributed by atoms with van der Waals surface area (Å²) in [4.78, 5) is 4.22. The fraction of sp³-hybridized carbons (Fsp3) is 0.800. The van der Waals surface area contributed by atoms with Gasteiger partial charge in [0, 0.05) is 38.3 Å². The van der Waals surface area contributed by atoms with Crippen LogP contribution in [0.15, 0.2) is 0 Å². The topological polar surface area (TPSA) is 6.48 Å². The zero-order valence-electron chi connectivity index (χ0n) is 8.72. The van der Waals surface area contributed by atoms with Crippen LogP contribution >= 0.6 is 0 Å². The Balaban J connectivity index is 3.96. The number of rotatable bonds is 4. The highest BCUT2D eigenvalue weighted by atomic mass is 15.1. The van der Waals surface area contributed by atoms with Crippen molar-refractivity contribution in [3.8, 4) is 12.1 Å². The summed E-state index contributed by atoms with van der Waals surface area (Å²) in [6, 6.07) is 6.26. The van der Waals surface area contributed by atoms with E-state index in [-0.39, 0.29) is 0 Å². The molecule has 0 N–H and O–H groups in total. The van der Waals surface area contributed by atoms with E-state index < -0.39 is 0 Å². The van der Waals surface area contributed by atoms with Crippen LogP contribution in [0.2, 0.25) is 0 Å². The van der Waals surface area contributed by atoms with Crippen molar-refractivity contribution in [1.29, 1.82) is 0 Å². The van der Waals surface area contributed by atoms with E-state index in [0.717, 1.165) is 26.2 Å². The van der Waals surface area contributed by atoms with E-state index >= 15 is 0 Å². The second kappa shape index (κ2) is 6.84. The zero-order chi connectivity index (χ0) is 9.40. The predicted molar refractivity (Wildman–Crippen MR) is 53.6 cm³/mol. The van der Waals surface area contributed by atoms with Crippen LogP contribution in [-0.4, -0.2) is 36.0 Å². The maximum Gasteiger partial charge on any atom is 0.0307 e. The molecular weight excluding hydrogens is 148 g/mol. The van der Waals surface area contributed by atoms with Crippen LogP contribution in [0.1, 0.15) is 27.7 Å². The standard InChI is InChI=1S/C10H20N2/c1-5-11(6-2)9-10-12(7-3)8-4/h5-8H2,1-4H3. The van der Waals surface area contributed by atoms with E-state index in [2.05, 4.69) is 49.6 Å². The lowest BCUT2D eigenvalue weighted by Crippen LogP contribution is -2.20. The molecule has 0 amide bonds. The van der Waals surface area contributed by atoms with Crippen molar-refractivity contribution < 1.29 is 0 Å². The van der Waals surface area contributed by atoms with Crippen molar-refractivity contribution >= 4 is 0 Å². The molecule has 0 aromatic carbocycles. The van der Waals surface area contributed by atoms with E-state index in [1.807, 2.05) is 0 Å². The quantitative estimate of drug-likeness (QED) is 0.464. The Morgan fingerprint density at radius 1 is 0.667 bits per heavy atom. The third-order valence-electron chi connectivity index (χ3n) is 1.89. The summed E-state index contributed by atoms with van der Waals surface area (Å²) in [7, 11) is 0. The van der Waals surface area contributed by atoms with E-state index in [4.69, 9.17) is 0 Å². The van der Waals surface area contributed by atoms with Crippen molar-refractivity contribution in [3.05, 3.63) is 0 Å². The van der Waals surface area contributed by atoms with Gasteiger partial charge in [0.15, 0.2) is 0 Å². The Morgan fingerprint density at radius 3 is 1.08 bits per heavy atom. The molecule has 0 saturated carbocycles. The number of nitrogens with zero attached hydrogens (tertiary/aromatic N) is 2. The first-order chi connectivity index (χ1) is 5.78. The Bertz CT molecular complexity index is 131. The van der Waals surface area contributed by atoms with Crippen LogP contribution in [0, 0.1) is 12.1 Å². The van der Waals surface area contributed by atoms with Crippen LogP contribution in [0.4, 0.5) is 0 Å². The molecule has 0 aromatic heterocycles. The summed E-state index contributed by atoms with van der Waals surface area (Å²) in [5, 5.41) is 0. The summed E-state index contributed by atoms with van der Waals surface area (Å²) in [5.74, 6) is 0. The van der Waals surface area contributed by atoms with Gasteiger partial charge in [-0.15, -0.1) is 0 Å². The third-order valence-corrected chi connectivity index (χ3v) is 1.89. The molecule has 0 aliphatic heterocycles. The molecule has 0 unspecified atom stereocenters. The molecule has 12 heavy (non-hydrogen) atoms. The summed E-state index contributed by atoms with van der Waals surface area (Å²) in [6.07, 6.45) is 0. The van der Waals surface area contributed by atoms with Crippen molar-refractivity contribution in [1.82, 2.24) is 9.80 Å². The normalized spacial score (nSPS) is 8.67. The van der Waals surface area contributed by atoms with Gasteiger partial charge in [0.05, 0.1) is 0 Å². The van der Waals surface area contributed by atoms with Gasteiger partial charge < -0.3 is 9.80 Å². The SMILES string of the molecule is CCN(C#CN(CC)CC)CC. The Morgan fingerprint density at radius 2 is 0.917 bits per heavy atom. The average Bonchev–Trinajstić information content (AvgIpc) is 2.13. The highest BCUT2D eigenvalue weighted by Gasteiger charge is 1.91. The van der Waals surface area contributed by atoms with Gasteiger partial charge >= 0.3 is 0 Å². The van der Waals surface area contributed by atoms with Gasteiger partial charge in [-0.25, -0.2) is 0 Å². The smallest absolute Gasteiger partial charge is 0.0307 e. The third kappa shape index (κ3) is 4.12. The summed E-state index contributed by atoms with van der Waals surface area (Å²) in [5.41, 5.74) is 0. The lowest BCUT2D eigenvalue weighted by molar-refractivity contribution is 0.417. The molecule has 2 nitrogen and oxygen atoms in total. The average molecular weight is 168 g/mol. The van der Waals surface area contributed by atoms with Crippen molar-refractivity contribution in [2.75, 3.05) is 26.2 Å². The van der Waals surface area contributed by atoms with Gasteiger partial charge in [-0.2, -0.15) is 0 Å². The van der Waals surface area contributed by atoms with Gasteiger partial charge in [0.25, 0.3) is 0 Å². The highest BCUT2D eigenvalue weighted by Crippen LogP contribution is 1.85. The molecule has 0 saturated heterocycles. The van der Waals surface area contributed by atoms with Gasteiger partial charge in [0.1, 0.15) is 0 Å². The van der Waals surface area contributed by atoms with Gasteiger partial charge in [0.2, 0.25) is 0 Å². The first kappa shape index (κ1) is 11.2. The molecule has 0 atom stereocenters. The molecule has 0 aliphatic rings. The summed E-state index contributed by atoms with van der Waals surface area (Å²) < 4.78 is 0. The van der Waals surface area contributed by atoms with E-state index in [9.17, 15) is 0 Å². The Hall–Kier alpha value is -0.840. The minimum atomic E-state index is 1.00. The van der Waals surface area contributed by atoms with E-state index in [0.29, 0.717) is 0 Å². The molecule has 0 aromatic rings. The van der Waals surface area contributed by atoms with Crippen LogP contribution in [-0.2, 0) is 0 Å².